The number of nitrogens with one attached hydrogen (secondary N) is 4. The monoisotopic (exact) mass is 446 g/mol. The van der Waals surface area contributed by atoms with E-state index in [9.17, 15) is 4.79 Å². The molecule has 1 saturated carbocycles. The van der Waals surface area contributed by atoms with E-state index in [1.165, 1.54) is 38.2 Å². The average molecular weight is 447 g/mol. The largest absolute Gasteiger partial charge is 0.395 e. The minimum Gasteiger partial charge on any atom is -0.395 e. The van der Waals surface area contributed by atoms with Gasteiger partial charge in [-0.3, -0.25) is 15.1 Å². The first-order valence-corrected chi connectivity index (χ1v) is 11.4. The summed E-state index contributed by atoms with van der Waals surface area (Å²) in [5.74, 6) is 1.15. The first-order chi connectivity index (χ1) is 15.7. The molecule has 10 heteroatoms. The maximum atomic E-state index is 12.8. The van der Waals surface area contributed by atoms with Gasteiger partial charge in [0, 0.05) is 32.8 Å². The Hall–Kier alpha value is -2.40. The van der Waals surface area contributed by atoms with Crippen LogP contribution in [0.5, 0.6) is 0 Å². The van der Waals surface area contributed by atoms with Gasteiger partial charge in [0.25, 0.3) is 5.91 Å². The van der Waals surface area contributed by atoms with Crippen LogP contribution < -0.4 is 21.5 Å². The summed E-state index contributed by atoms with van der Waals surface area (Å²) in [4.78, 5) is 27.9. The zero-order chi connectivity index (χ0) is 23.0. The summed E-state index contributed by atoms with van der Waals surface area (Å²) in [6, 6.07) is 0. The van der Waals surface area contributed by atoms with Crippen molar-refractivity contribution < 1.29 is 9.90 Å². The van der Waals surface area contributed by atoms with E-state index in [0.717, 1.165) is 19.6 Å². The molecule has 2 rings (SSSR count). The van der Waals surface area contributed by atoms with Crippen molar-refractivity contribution >= 4 is 24.2 Å². The molecular formula is C22H38N8O2. The fourth-order valence-electron chi connectivity index (χ4n) is 3.19. The van der Waals surface area contributed by atoms with Crippen LogP contribution in [0, 0.1) is 5.92 Å². The zero-order valence-electron chi connectivity index (χ0n) is 19.1. The topological polar surface area (TPSA) is 126 Å². The highest BCUT2D eigenvalue weighted by Crippen LogP contribution is 2.29. The number of allylic oxidation sites excluding steroid dienone is 1. The lowest BCUT2D eigenvalue weighted by atomic mass is 10.1. The van der Waals surface area contributed by atoms with Gasteiger partial charge in [-0.05, 0) is 57.5 Å². The molecule has 0 aromatic heterocycles. The lowest BCUT2D eigenvalue weighted by molar-refractivity contribution is -0.114. The third kappa shape index (κ3) is 10.8. The van der Waals surface area contributed by atoms with Crippen molar-refractivity contribution in [3.05, 3.63) is 24.0 Å². The van der Waals surface area contributed by atoms with Gasteiger partial charge in [0.1, 0.15) is 11.5 Å². The van der Waals surface area contributed by atoms with Gasteiger partial charge < -0.3 is 20.7 Å². The molecular weight excluding hydrogens is 408 g/mol. The van der Waals surface area contributed by atoms with Crippen molar-refractivity contribution in [1.29, 1.82) is 0 Å². The lowest BCUT2D eigenvalue weighted by Crippen LogP contribution is -2.39. The normalized spacial score (nSPS) is 18.8. The van der Waals surface area contributed by atoms with Crippen molar-refractivity contribution in [2.24, 2.45) is 20.9 Å². The third-order valence-corrected chi connectivity index (χ3v) is 5.11. The molecule has 2 aliphatic rings. The van der Waals surface area contributed by atoms with Gasteiger partial charge in [-0.1, -0.05) is 12.5 Å². The Balaban J connectivity index is 2.06. The Kier molecular flexibility index (Phi) is 12.5. The van der Waals surface area contributed by atoms with Crippen molar-refractivity contribution in [2.45, 2.75) is 32.1 Å². The quantitative estimate of drug-likeness (QED) is 0.112. The fourth-order valence-corrected chi connectivity index (χ4v) is 3.19. The van der Waals surface area contributed by atoms with Crippen LogP contribution in [-0.4, -0.2) is 87.2 Å². The van der Waals surface area contributed by atoms with Gasteiger partial charge in [-0.25, -0.2) is 15.4 Å². The second-order valence-electron chi connectivity index (χ2n) is 7.81. The molecule has 1 amide bonds. The van der Waals surface area contributed by atoms with E-state index in [2.05, 4.69) is 54.2 Å². The molecule has 0 spiro atoms. The first-order valence-electron chi connectivity index (χ1n) is 11.4. The highest BCUT2D eigenvalue weighted by molar-refractivity contribution is 6.43. The summed E-state index contributed by atoms with van der Waals surface area (Å²) in [6.45, 7) is 7.70. The molecule has 5 N–H and O–H groups in total. The van der Waals surface area contributed by atoms with E-state index < -0.39 is 0 Å². The van der Waals surface area contributed by atoms with Crippen molar-refractivity contribution in [1.82, 2.24) is 26.4 Å². The number of amides is 1. The van der Waals surface area contributed by atoms with E-state index in [1.54, 1.807) is 7.05 Å². The van der Waals surface area contributed by atoms with E-state index in [-0.39, 0.29) is 30.7 Å². The standard InChI is InChI=1S/C22H38N8O2/c1-23-21(28-20(29-24-2)9-8-18-6-7-18)16-19(27-17-25-11-15-31)22(32)26-10-14-30-12-4-3-5-13-30/h8-9,16,18,24-25,31H,1,3-7,10-15,17H2,2H3,(H,26,32)(H,28,29)/b9-8+,21-16+,27-19+. The van der Waals surface area contributed by atoms with Crippen LogP contribution in [0.15, 0.2) is 39.0 Å². The van der Waals surface area contributed by atoms with Crippen LogP contribution in [0.3, 0.4) is 0 Å². The highest BCUT2D eigenvalue weighted by Gasteiger charge is 2.17. The fraction of sp³-hybridized carbons (Fsp3) is 0.636. The SMILES string of the molecule is C=NC(=C\C(=N/CNCCO)C(=O)NCCN1CCCCC1)/N=C(\C=C\C1CC1)NNC. The number of nitrogens with zero attached hydrogens (tertiary/aromatic N) is 4. The van der Waals surface area contributed by atoms with Gasteiger partial charge in [-0.15, -0.1) is 0 Å². The smallest absolute Gasteiger partial charge is 0.269 e. The molecule has 1 aliphatic heterocycles. The van der Waals surface area contributed by atoms with E-state index >= 15 is 0 Å². The predicted molar refractivity (Wildman–Crippen MR) is 130 cm³/mol. The molecule has 0 radical (unpaired) electrons. The Morgan fingerprint density at radius 3 is 2.66 bits per heavy atom. The summed E-state index contributed by atoms with van der Waals surface area (Å²) >= 11 is 0. The number of hydrogen-bond donors (Lipinski definition) is 5. The highest BCUT2D eigenvalue weighted by atomic mass is 16.3. The number of carbonyl (C=O) groups excluding carboxylic acids is 1. The Labute approximate surface area is 191 Å². The van der Waals surface area contributed by atoms with Crippen molar-refractivity contribution in [3.63, 3.8) is 0 Å². The number of aliphatic imine (C=N–C) groups is 3. The van der Waals surface area contributed by atoms with Crippen LogP contribution in [-0.2, 0) is 4.79 Å². The summed E-state index contributed by atoms with van der Waals surface area (Å²) in [7, 11) is 1.75. The van der Waals surface area contributed by atoms with Crippen LogP contribution in [0.4, 0.5) is 0 Å². The number of carbonyl (C=O) groups is 1. The number of hydrogen-bond acceptors (Lipinski definition) is 8. The number of aliphatic hydroxyl groups excluding tert-OH is 1. The molecule has 10 nitrogen and oxygen atoms in total. The van der Waals surface area contributed by atoms with Crippen molar-refractivity contribution in [2.75, 3.05) is 53.0 Å². The van der Waals surface area contributed by atoms with E-state index in [1.807, 2.05) is 6.08 Å². The molecule has 0 aromatic rings. The molecule has 1 saturated heterocycles. The van der Waals surface area contributed by atoms with Crippen LogP contribution >= 0.6 is 0 Å². The molecule has 0 unspecified atom stereocenters. The Morgan fingerprint density at radius 1 is 1.22 bits per heavy atom. The number of piperidine rings is 1. The van der Waals surface area contributed by atoms with Crippen LogP contribution in [0.1, 0.15) is 32.1 Å². The van der Waals surface area contributed by atoms with Gasteiger partial charge in [0.15, 0.2) is 5.82 Å². The summed E-state index contributed by atoms with van der Waals surface area (Å²) in [5, 5.41) is 14.8. The maximum Gasteiger partial charge on any atom is 0.269 e. The molecule has 0 aromatic carbocycles. The van der Waals surface area contributed by atoms with Gasteiger partial charge in [0.2, 0.25) is 0 Å². The second-order valence-corrected chi connectivity index (χ2v) is 7.81. The molecule has 1 aliphatic carbocycles. The summed E-state index contributed by atoms with van der Waals surface area (Å²) in [6.07, 6.45) is 11.6. The molecule has 178 valence electrons. The molecule has 32 heavy (non-hydrogen) atoms. The van der Waals surface area contributed by atoms with E-state index in [0.29, 0.717) is 24.8 Å². The zero-order valence-corrected chi connectivity index (χ0v) is 19.1. The number of aliphatic hydroxyl groups is 1. The molecule has 1 heterocycles. The van der Waals surface area contributed by atoms with Gasteiger partial charge >= 0.3 is 0 Å². The molecule has 2 fully saturated rings. The Morgan fingerprint density at radius 2 is 2.00 bits per heavy atom. The van der Waals surface area contributed by atoms with Crippen LogP contribution in [0.25, 0.3) is 0 Å². The number of likely N-dealkylation sites (tertiary alicyclic amines) is 1. The second kappa shape index (κ2) is 15.4. The van der Waals surface area contributed by atoms with E-state index in [4.69, 9.17) is 5.11 Å². The first kappa shape index (κ1) is 25.9. The summed E-state index contributed by atoms with van der Waals surface area (Å²) < 4.78 is 0. The molecule has 0 atom stereocenters. The number of hydrazine groups is 1. The van der Waals surface area contributed by atoms with Crippen LogP contribution in [0.2, 0.25) is 0 Å². The summed E-state index contributed by atoms with van der Waals surface area (Å²) in [5.41, 5.74) is 6.02. The lowest BCUT2D eigenvalue weighted by Gasteiger charge is -2.26. The Bertz CT molecular complexity index is 707. The van der Waals surface area contributed by atoms with Gasteiger partial charge in [0.05, 0.1) is 13.3 Å². The minimum atomic E-state index is -0.291. The third-order valence-electron chi connectivity index (χ3n) is 5.11. The molecule has 0 bridgehead atoms. The average Bonchev–Trinajstić information content (AvgIpc) is 3.64. The minimum absolute atomic E-state index is 0.00113. The van der Waals surface area contributed by atoms with Crippen molar-refractivity contribution in [3.8, 4) is 0 Å². The predicted octanol–water partition coefficient (Wildman–Crippen LogP) is 0.200. The number of amidine groups is 1. The van der Waals surface area contributed by atoms with Gasteiger partial charge in [-0.2, -0.15) is 0 Å². The maximum absolute atomic E-state index is 12.8. The number of rotatable bonds is 14.